The summed E-state index contributed by atoms with van der Waals surface area (Å²) in [7, 11) is 0. The minimum Gasteiger partial charge on any atom is -0.361 e. The van der Waals surface area contributed by atoms with Gasteiger partial charge < -0.3 is 15.1 Å². The fourth-order valence-electron chi connectivity index (χ4n) is 4.05. The number of alkyl halides is 7. The number of halogens is 10. The molecule has 0 spiro atoms. The number of nitrogens with zero attached hydrogens (tertiary/aromatic N) is 3. The minimum absolute atomic E-state index is 0.0366. The van der Waals surface area contributed by atoms with Crippen LogP contribution in [0.2, 0.25) is 0 Å². The van der Waals surface area contributed by atoms with Crippen LogP contribution in [0, 0.1) is 18.3 Å². The van der Waals surface area contributed by atoms with Crippen molar-refractivity contribution in [2.24, 2.45) is 5.92 Å². The number of hydrogen-bond acceptors (Lipinski definition) is 3. The molecule has 6 nitrogen and oxygen atoms in total. The lowest BCUT2D eigenvalue weighted by Crippen LogP contribution is -2.50. The number of amides is 2. The molecule has 1 aliphatic rings. The van der Waals surface area contributed by atoms with Crippen LogP contribution in [0.15, 0.2) is 57.6 Å². The van der Waals surface area contributed by atoms with E-state index in [-0.39, 0.29) is 41.7 Å². The molecule has 2 amide bonds. The summed E-state index contributed by atoms with van der Waals surface area (Å²) < 4.78 is 109. The van der Waals surface area contributed by atoms with Crippen molar-refractivity contribution in [3.05, 3.63) is 91.5 Å². The fourth-order valence-corrected chi connectivity index (χ4v) is 5.43. The first-order valence-electron chi connectivity index (χ1n) is 12.1. The quantitative estimate of drug-likeness (QED) is 0.195. The Morgan fingerprint density at radius 2 is 1.60 bits per heavy atom. The van der Waals surface area contributed by atoms with Gasteiger partial charge in [0.15, 0.2) is 5.82 Å². The first kappa shape index (κ1) is 32.3. The smallest absolute Gasteiger partial charge is 0.361 e. The molecule has 2 aromatic carbocycles. The van der Waals surface area contributed by atoms with Crippen molar-refractivity contribution in [3.63, 3.8) is 0 Å². The van der Waals surface area contributed by atoms with Crippen LogP contribution in [-0.2, 0) is 5.67 Å². The van der Waals surface area contributed by atoms with Gasteiger partial charge in [-0.2, -0.15) is 26.3 Å². The van der Waals surface area contributed by atoms with Crippen LogP contribution in [0.25, 0.3) is 4.85 Å². The van der Waals surface area contributed by atoms with Crippen molar-refractivity contribution >= 4 is 60.9 Å². The maximum absolute atomic E-state index is 15.8. The van der Waals surface area contributed by atoms with E-state index in [1.807, 2.05) is 0 Å². The molecule has 16 heteroatoms. The number of carbonyl (C=O) groups is 2. The Hall–Kier alpha value is -3.58. The van der Waals surface area contributed by atoms with Crippen LogP contribution >= 0.6 is 31.9 Å². The average molecular weight is 740 g/mol. The Labute approximate surface area is 255 Å². The van der Waals surface area contributed by atoms with Crippen molar-refractivity contribution in [1.82, 2.24) is 4.98 Å². The molecule has 0 bridgehead atoms. The van der Waals surface area contributed by atoms with Crippen LogP contribution in [-0.4, -0.2) is 35.7 Å². The molecule has 0 radical (unpaired) electrons. The van der Waals surface area contributed by atoms with E-state index in [0.29, 0.717) is 0 Å². The molecule has 0 unspecified atom stereocenters. The number of benzene rings is 2. The van der Waals surface area contributed by atoms with E-state index in [1.54, 1.807) is 0 Å². The standard InChI is InChI=1S/C27H16Br2F8N4O2/c1-38-20-8-7-14(11-39-20)24(43)41(12-13-5-6-13)19-4-2-3-16(21(19)30)23(42)40-22-17(28)9-15(10-18(22)29)25(31,26(32,33)34)27(35,36)37/h2-4,7-11,13H,5-6,12H2,(H,40,42). The Morgan fingerprint density at radius 1 is 1.00 bits per heavy atom. The molecule has 0 saturated heterocycles. The molecular formula is C27H16Br2F8N4O2. The zero-order valence-electron chi connectivity index (χ0n) is 21.3. The largest absolute Gasteiger partial charge is 0.435 e. The number of hydrogen-bond donors (Lipinski definition) is 1. The van der Waals surface area contributed by atoms with Crippen molar-refractivity contribution in [2.45, 2.75) is 30.9 Å². The highest BCUT2D eigenvalue weighted by molar-refractivity contribution is 9.11. The topological polar surface area (TPSA) is 66.7 Å². The predicted octanol–water partition coefficient (Wildman–Crippen LogP) is 8.89. The third-order valence-electron chi connectivity index (χ3n) is 6.47. The molecule has 1 fully saturated rings. The third kappa shape index (κ3) is 6.37. The number of nitrogens with one attached hydrogen (secondary N) is 1. The highest BCUT2D eigenvalue weighted by Crippen LogP contribution is 2.54. The lowest BCUT2D eigenvalue weighted by atomic mass is 9.94. The van der Waals surface area contributed by atoms with Gasteiger partial charge in [0.05, 0.1) is 22.5 Å². The second-order valence-electron chi connectivity index (χ2n) is 9.44. The first-order chi connectivity index (χ1) is 20.0. The van der Waals surface area contributed by atoms with Crippen molar-refractivity contribution in [3.8, 4) is 0 Å². The molecular weight excluding hydrogens is 724 g/mol. The zero-order chi connectivity index (χ0) is 31.9. The van der Waals surface area contributed by atoms with Crippen LogP contribution in [0.3, 0.4) is 0 Å². The van der Waals surface area contributed by atoms with E-state index in [4.69, 9.17) is 6.57 Å². The maximum atomic E-state index is 15.8. The molecule has 43 heavy (non-hydrogen) atoms. The summed E-state index contributed by atoms with van der Waals surface area (Å²) in [5, 5.41) is 2.19. The Morgan fingerprint density at radius 3 is 2.09 bits per heavy atom. The van der Waals surface area contributed by atoms with Gasteiger partial charge in [0.1, 0.15) is 6.20 Å². The van der Waals surface area contributed by atoms with E-state index < -0.39 is 61.4 Å². The van der Waals surface area contributed by atoms with Gasteiger partial charge >= 0.3 is 18.0 Å². The van der Waals surface area contributed by atoms with Crippen molar-refractivity contribution in [2.75, 3.05) is 16.8 Å². The van der Waals surface area contributed by atoms with Gasteiger partial charge in [-0.25, -0.2) is 8.78 Å². The van der Waals surface area contributed by atoms with E-state index in [9.17, 15) is 40.3 Å². The van der Waals surface area contributed by atoms with Gasteiger partial charge in [0.25, 0.3) is 17.6 Å². The lowest BCUT2D eigenvalue weighted by Gasteiger charge is -2.31. The molecule has 1 aromatic heterocycles. The Balaban J connectivity index is 1.67. The van der Waals surface area contributed by atoms with E-state index in [2.05, 4.69) is 47.0 Å². The molecule has 1 saturated carbocycles. The molecule has 1 N–H and O–H groups in total. The van der Waals surface area contributed by atoms with Gasteiger partial charge in [-0.1, -0.05) is 18.7 Å². The number of anilines is 2. The maximum Gasteiger partial charge on any atom is 0.435 e. The SMILES string of the molecule is [C-]#[N+]c1ccc(C(=O)N(CC2CC2)c2cccc(C(=O)Nc3c(Br)cc(C(F)(C(F)(F)F)C(F)(F)F)cc3Br)c2F)cn1. The third-order valence-corrected chi connectivity index (χ3v) is 7.72. The molecule has 1 heterocycles. The van der Waals surface area contributed by atoms with E-state index >= 15 is 4.39 Å². The van der Waals surface area contributed by atoms with Crippen molar-refractivity contribution in [1.29, 1.82) is 0 Å². The molecule has 0 atom stereocenters. The van der Waals surface area contributed by atoms with Gasteiger partial charge in [0.2, 0.25) is 0 Å². The van der Waals surface area contributed by atoms with Crippen molar-refractivity contribution < 1.29 is 44.7 Å². The summed E-state index contributed by atoms with van der Waals surface area (Å²) in [6.07, 6.45) is -10.0. The summed E-state index contributed by atoms with van der Waals surface area (Å²) in [5.41, 5.74) is -8.78. The molecule has 226 valence electrons. The fraction of sp³-hybridized carbons (Fsp3) is 0.259. The number of carbonyl (C=O) groups excluding carboxylic acids is 2. The monoisotopic (exact) mass is 738 g/mol. The van der Waals surface area contributed by atoms with Crippen LogP contribution in [0.4, 0.5) is 52.3 Å². The van der Waals surface area contributed by atoms with E-state index in [0.717, 1.165) is 30.0 Å². The Kier molecular flexibility index (Phi) is 8.90. The van der Waals surface area contributed by atoms with Gasteiger partial charge in [-0.15, -0.1) is 4.98 Å². The summed E-state index contributed by atoms with van der Waals surface area (Å²) >= 11 is 5.51. The highest BCUT2D eigenvalue weighted by Gasteiger charge is 2.73. The van der Waals surface area contributed by atoms with E-state index in [1.165, 1.54) is 24.3 Å². The summed E-state index contributed by atoms with van der Waals surface area (Å²) in [4.78, 5) is 34.5. The van der Waals surface area contributed by atoms with Gasteiger partial charge in [-0.05, 0) is 81.0 Å². The summed E-state index contributed by atoms with van der Waals surface area (Å²) in [5.74, 6) is -2.86. The summed E-state index contributed by atoms with van der Waals surface area (Å²) in [6.45, 7) is 7.10. The number of pyridine rings is 1. The van der Waals surface area contributed by atoms with Gasteiger partial charge in [0, 0.05) is 21.1 Å². The highest BCUT2D eigenvalue weighted by atomic mass is 79.9. The minimum atomic E-state index is -6.36. The normalized spacial score (nSPS) is 13.8. The predicted molar refractivity (Wildman–Crippen MR) is 146 cm³/mol. The first-order valence-corrected chi connectivity index (χ1v) is 13.6. The second-order valence-corrected chi connectivity index (χ2v) is 11.1. The Bertz CT molecular complexity index is 1580. The molecule has 3 aromatic rings. The molecule has 4 rings (SSSR count). The number of rotatable bonds is 7. The molecule has 0 aliphatic heterocycles. The second kappa shape index (κ2) is 11.8. The zero-order valence-corrected chi connectivity index (χ0v) is 24.4. The van der Waals surface area contributed by atoms with Gasteiger partial charge in [-0.3, -0.25) is 9.59 Å². The average Bonchev–Trinajstić information content (AvgIpc) is 3.76. The van der Waals surface area contributed by atoms with Crippen LogP contribution in [0.1, 0.15) is 39.1 Å². The van der Waals surface area contributed by atoms with Crippen LogP contribution in [0.5, 0.6) is 0 Å². The summed E-state index contributed by atoms with van der Waals surface area (Å²) in [6, 6.07) is 6.65. The number of aromatic nitrogens is 1. The molecule has 1 aliphatic carbocycles. The van der Waals surface area contributed by atoms with Crippen LogP contribution < -0.4 is 10.2 Å². The lowest BCUT2D eigenvalue weighted by molar-refractivity contribution is -0.348.